The van der Waals surface area contributed by atoms with Gasteiger partial charge in [-0.15, -0.1) is 0 Å². The van der Waals surface area contributed by atoms with Gasteiger partial charge in [-0.25, -0.2) is 19.6 Å². The van der Waals surface area contributed by atoms with E-state index < -0.39 is 5.60 Å². The second-order valence-corrected chi connectivity index (χ2v) is 11.4. The summed E-state index contributed by atoms with van der Waals surface area (Å²) in [7, 11) is 0. The number of carbonyl (C=O) groups is 2. The van der Waals surface area contributed by atoms with Crippen molar-refractivity contribution in [3.63, 3.8) is 0 Å². The Morgan fingerprint density at radius 2 is 1.87 bits per heavy atom. The lowest BCUT2D eigenvalue weighted by Gasteiger charge is -2.40. The van der Waals surface area contributed by atoms with E-state index in [9.17, 15) is 9.59 Å². The highest BCUT2D eigenvalue weighted by Gasteiger charge is 2.31. The average molecular weight is 555 g/mol. The molecule has 39 heavy (non-hydrogen) atoms. The molecule has 2 aromatic rings. The molecule has 2 heterocycles. The molecule has 1 aliphatic heterocycles. The molecule has 2 amide bonds. The molecule has 1 atom stereocenters. The smallest absolute Gasteiger partial charge is 0.410 e. The van der Waals surface area contributed by atoms with E-state index in [1.165, 1.54) is 6.20 Å². The maximum atomic E-state index is 12.8. The van der Waals surface area contributed by atoms with E-state index in [0.29, 0.717) is 41.9 Å². The van der Waals surface area contributed by atoms with Gasteiger partial charge in [-0.05, 0) is 65.5 Å². The normalized spacial score (nSPS) is 21.6. The number of hydrogen-bond acceptors (Lipinski definition) is 7. The fraction of sp³-hybridized carbons (Fsp3) is 0.536. The van der Waals surface area contributed by atoms with Crippen LogP contribution in [0.5, 0.6) is 5.75 Å². The van der Waals surface area contributed by atoms with Crippen LogP contribution in [0.4, 0.5) is 16.3 Å². The molecule has 1 saturated carbocycles. The molecule has 2 aliphatic rings. The number of ether oxygens (including phenoxy) is 2. The second-order valence-electron chi connectivity index (χ2n) is 11.0. The van der Waals surface area contributed by atoms with Crippen LogP contribution < -0.4 is 15.0 Å². The summed E-state index contributed by atoms with van der Waals surface area (Å²) in [4.78, 5) is 41.2. The Balaban J connectivity index is 1.24. The minimum atomic E-state index is -0.534. The molecule has 1 aromatic carbocycles. The number of nitrogens with zero attached hydrogens (tertiary/aromatic N) is 5. The topological polar surface area (TPSA) is 101 Å². The van der Waals surface area contributed by atoms with E-state index in [1.54, 1.807) is 29.3 Å². The van der Waals surface area contributed by atoms with Gasteiger partial charge in [-0.2, -0.15) is 0 Å². The third kappa shape index (κ3) is 7.51. The lowest BCUT2D eigenvalue weighted by atomic mass is 9.93. The van der Waals surface area contributed by atoms with Crippen molar-refractivity contribution < 1.29 is 19.1 Å². The van der Waals surface area contributed by atoms with Gasteiger partial charge in [-0.1, -0.05) is 17.7 Å². The Kier molecular flexibility index (Phi) is 8.80. The molecule has 10 nitrogen and oxygen atoms in total. The minimum Gasteiger partial charge on any atom is -0.490 e. The first-order valence-corrected chi connectivity index (χ1v) is 13.6. The summed E-state index contributed by atoms with van der Waals surface area (Å²) in [5.74, 6) is 1.07. The number of rotatable bonds is 5. The summed E-state index contributed by atoms with van der Waals surface area (Å²) in [5.41, 5.74) is 0.141. The molecule has 0 spiro atoms. The summed E-state index contributed by atoms with van der Waals surface area (Å²) in [6.07, 6.45) is 6.00. The van der Waals surface area contributed by atoms with Crippen LogP contribution in [0.25, 0.3) is 4.85 Å². The number of nitrogens with one attached hydrogen (secondary N) is 1. The number of carbonyl (C=O) groups excluding carboxylic acids is 2. The van der Waals surface area contributed by atoms with E-state index in [-0.39, 0.29) is 35.9 Å². The lowest BCUT2D eigenvalue weighted by molar-refractivity contribution is 0.0218. The van der Waals surface area contributed by atoms with Gasteiger partial charge in [0.1, 0.15) is 22.9 Å². The van der Waals surface area contributed by atoms with Crippen LogP contribution in [0, 0.1) is 6.57 Å². The maximum Gasteiger partial charge on any atom is 0.410 e. The predicted molar refractivity (Wildman–Crippen MR) is 148 cm³/mol. The fourth-order valence-corrected chi connectivity index (χ4v) is 5.02. The monoisotopic (exact) mass is 554 g/mol. The predicted octanol–water partition coefficient (Wildman–Crippen LogP) is 5.25. The number of aromatic nitrogens is 2. The Morgan fingerprint density at radius 1 is 1.13 bits per heavy atom. The van der Waals surface area contributed by atoms with Gasteiger partial charge in [0.2, 0.25) is 5.69 Å². The Morgan fingerprint density at radius 3 is 2.46 bits per heavy atom. The van der Waals surface area contributed by atoms with Gasteiger partial charge >= 0.3 is 6.09 Å². The zero-order valence-electron chi connectivity index (χ0n) is 22.8. The quantitative estimate of drug-likeness (QED) is 0.504. The number of halogens is 1. The number of piperazine rings is 1. The fourth-order valence-electron chi connectivity index (χ4n) is 4.81. The van der Waals surface area contributed by atoms with E-state index >= 15 is 0 Å². The van der Waals surface area contributed by atoms with Crippen molar-refractivity contribution >= 4 is 35.1 Å². The first-order valence-electron chi connectivity index (χ1n) is 13.2. The summed E-state index contributed by atoms with van der Waals surface area (Å²) < 4.78 is 11.5. The van der Waals surface area contributed by atoms with E-state index in [4.69, 9.17) is 27.6 Å². The molecular weight excluding hydrogens is 520 g/mol. The van der Waals surface area contributed by atoms with Gasteiger partial charge in [0.05, 0.1) is 30.1 Å². The molecule has 1 N–H and O–H groups in total. The number of hydrogen-bond donors (Lipinski definition) is 1. The first-order chi connectivity index (χ1) is 18.5. The Hall–Kier alpha value is -3.58. The van der Waals surface area contributed by atoms with Gasteiger partial charge in [-0.3, -0.25) is 4.79 Å². The van der Waals surface area contributed by atoms with Crippen molar-refractivity contribution in [2.75, 3.05) is 24.5 Å². The van der Waals surface area contributed by atoms with Crippen LogP contribution >= 0.6 is 11.6 Å². The lowest BCUT2D eigenvalue weighted by Crippen LogP contribution is -2.54. The second kappa shape index (κ2) is 12.1. The summed E-state index contributed by atoms with van der Waals surface area (Å²) in [6.45, 7) is 16.3. The van der Waals surface area contributed by atoms with E-state index in [2.05, 4.69) is 25.0 Å². The molecular formula is C28H35ClN6O4. The van der Waals surface area contributed by atoms with E-state index in [0.717, 1.165) is 25.7 Å². The number of anilines is 1. The maximum absolute atomic E-state index is 12.8. The van der Waals surface area contributed by atoms with Crippen molar-refractivity contribution in [3.8, 4) is 5.75 Å². The molecule has 0 bridgehead atoms. The van der Waals surface area contributed by atoms with Crippen LogP contribution in [-0.4, -0.2) is 70.3 Å². The van der Waals surface area contributed by atoms with Crippen molar-refractivity contribution in [2.24, 2.45) is 0 Å². The zero-order chi connectivity index (χ0) is 28.2. The minimum absolute atomic E-state index is 0.0271. The van der Waals surface area contributed by atoms with Crippen LogP contribution in [-0.2, 0) is 4.74 Å². The molecule has 1 aromatic heterocycles. The van der Waals surface area contributed by atoms with Crippen LogP contribution in [0.1, 0.15) is 63.9 Å². The van der Waals surface area contributed by atoms with Gasteiger partial charge in [0, 0.05) is 31.7 Å². The highest BCUT2D eigenvalue weighted by atomic mass is 35.5. The SMILES string of the molecule is [C-]#[N+]c1ccc(OC2CCC(NC(=O)c3cnc(N4CCN(C(=O)OC(C)(C)C)C[C@H]4C)cn3)CC2)cc1Cl. The summed E-state index contributed by atoms with van der Waals surface area (Å²) in [6, 6.07) is 5.16. The van der Waals surface area contributed by atoms with Crippen molar-refractivity contribution in [1.82, 2.24) is 20.2 Å². The largest absolute Gasteiger partial charge is 0.490 e. The third-order valence-electron chi connectivity index (χ3n) is 6.80. The molecule has 1 saturated heterocycles. The van der Waals surface area contributed by atoms with Crippen molar-refractivity contribution in [1.29, 1.82) is 0 Å². The molecule has 2 fully saturated rings. The van der Waals surface area contributed by atoms with Crippen molar-refractivity contribution in [3.05, 3.63) is 52.7 Å². The van der Waals surface area contributed by atoms with Gasteiger partial charge in [0.25, 0.3) is 5.91 Å². The summed E-state index contributed by atoms with van der Waals surface area (Å²) >= 11 is 6.11. The molecule has 0 unspecified atom stereocenters. The number of benzene rings is 1. The highest BCUT2D eigenvalue weighted by molar-refractivity contribution is 6.33. The molecule has 4 rings (SSSR count). The average Bonchev–Trinajstić information content (AvgIpc) is 2.89. The zero-order valence-corrected chi connectivity index (χ0v) is 23.6. The first kappa shape index (κ1) is 28.4. The van der Waals surface area contributed by atoms with Gasteiger partial charge in [0.15, 0.2) is 0 Å². The Bertz CT molecular complexity index is 1220. The Labute approximate surface area is 234 Å². The van der Waals surface area contributed by atoms with Crippen LogP contribution in [0.2, 0.25) is 5.02 Å². The third-order valence-corrected chi connectivity index (χ3v) is 7.10. The highest BCUT2D eigenvalue weighted by Crippen LogP contribution is 2.31. The molecule has 1 aliphatic carbocycles. The van der Waals surface area contributed by atoms with Crippen molar-refractivity contribution in [2.45, 2.75) is 77.2 Å². The van der Waals surface area contributed by atoms with Crippen LogP contribution in [0.3, 0.4) is 0 Å². The molecule has 11 heteroatoms. The molecule has 208 valence electrons. The van der Waals surface area contributed by atoms with Gasteiger partial charge < -0.3 is 24.6 Å². The standard InChI is InChI=1S/C28H35ClN6O4/c1-18-17-34(27(37)39-28(2,3)4)12-13-35(18)25-16-31-24(15-32-25)26(36)33-19-6-8-20(9-7-19)38-21-10-11-23(30-5)22(29)14-21/h10-11,14-16,18-20H,6-9,12-13,17H2,1-4H3,(H,33,36)/t18-,19?,20?/m1/s1. The molecule has 0 radical (unpaired) electrons. The summed E-state index contributed by atoms with van der Waals surface area (Å²) in [5, 5.41) is 3.45. The van der Waals surface area contributed by atoms with Crippen LogP contribution in [0.15, 0.2) is 30.6 Å². The number of amides is 2. The van der Waals surface area contributed by atoms with E-state index in [1.807, 2.05) is 27.7 Å².